The first kappa shape index (κ1) is 27.2. The topological polar surface area (TPSA) is 93.7 Å². The van der Waals surface area contributed by atoms with Crippen LogP contribution in [0.1, 0.15) is 49.8 Å². The first-order chi connectivity index (χ1) is 18.0. The fourth-order valence-corrected chi connectivity index (χ4v) is 4.61. The van der Waals surface area contributed by atoms with E-state index < -0.39 is 29.6 Å². The number of halogens is 1. The Morgan fingerprint density at radius 1 is 0.947 bits per heavy atom. The van der Waals surface area contributed by atoms with Crippen LogP contribution in [0.5, 0.6) is 0 Å². The van der Waals surface area contributed by atoms with Gasteiger partial charge < -0.3 is 20.1 Å². The number of amides is 2. The third-order valence-corrected chi connectivity index (χ3v) is 6.59. The van der Waals surface area contributed by atoms with E-state index in [0.717, 1.165) is 27.8 Å². The van der Waals surface area contributed by atoms with E-state index in [1.165, 1.54) is 0 Å². The lowest BCUT2D eigenvalue weighted by molar-refractivity contribution is -0.156. The predicted octanol–water partition coefficient (Wildman–Crippen LogP) is 6.23. The molecule has 1 atom stereocenters. The summed E-state index contributed by atoms with van der Waals surface area (Å²) in [5.41, 5.74) is 4.88. The molecular weight excluding hydrogens is 504 g/mol. The van der Waals surface area contributed by atoms with Crippen LogP contribution in [0.3, 0.4) is 0 Å². The van der Waals surface area contributed by atoms with Gasteiger partial charge in [-0.25, -0.2) is 4.79 Å². The Balaban J connectivity index is 1.46. The summed E-state index contributed by atoms with van der Waals surface area (Å²) in [5.74, 6) is -1.33. The SMILES string of the molecule is Cc1cc(NC(=O)[C@H](CC(=O)OC(C)(C)C)NC(=O)OCC2c3ccccc3-c3ccccc32)ccc1Cl. The molecule has 0 heterocycles. The zero-order valence-electron chi connectivity index (χ0n) is 21.8. The Kier molecular flexibility index (Phi) is 8.07. The van der Waals surface area contributed by atoms with Gasteiger partial charge in [0.1, 0.15) is 18.2 Å². The molecule has 2 amide bonds. The molecule has 0 fully saturated rings. The molecule has 2 N–H and O–H groups in total. The van der Waals surface area contributed by atoms with Crippen LogP contribution in [0, 0.1) is 6.92 Å². The zero-order valence-corrected chi connectivity index (χ0v) is 22.6. The van der Waals surface area contributed by atoms with Crippen molar-refractivity contribution in [3.05, 3.63) is 88.4 Å². The van der Waals surface area contributed by atoms with Crippen LogP contribution < -0.4 is 10.6 Å². The number of carbonyl (C=O) groups is 3. The number of rotatable bonds is 7. The Morgan fingerprint density at radius 3 is 2.13 bits per heavy atom. The van der Waals surface area contributed by atoms with Crippen LogP contribution in [0.4, 0.5) is 10.5 Å². The number of hydrogen-bond donors (Lipinski definition) is 2. The van der Waals surface area contributed by atoms with Gasteiger partial charge in [0.25, 0.3) is 0 Å². The molecule has 0 aromatic heterocycles. The van der Waals surface area contributed by atoms with E-state index in [2.05, 4.69) is 10.6 Å². The van der Waals surface area contributed by atoms with Crippen molar-refractivity contribution in [2.24, 2.45) is 0 Å². The summed E-state index contributed by atoms with van der Waals surface area (Å²) in [6, 6.07) is 19.8. The maximum Gasteiger partial charge on any atom is 0.407 e. The zero-order chi connectivity index (χ0) is 27.4. The highest BCUT2D eigenvalue weighted by Crippen LogP contribution is 2.44. The van der Waals surface area contributed by atoms with Crippen molar-refractivity contribution in [1.82, 2.24) is 5.32 Å². The molecule has 1 aliphatic carbocycles. The van der Waals surface area contributed by atoms with E-state index in [-0.39, 0.29) is 18.9 Å². The maximum absolute atomic E-state index is 13.1. The highest BCUT2D eigenvalue weighted by atomic mass is 35.5. The quantitative estimate of drug-likeness (QED) is 0.351. The Labute approximate surface area is 227 Å². The minimum absolute atomic E-state index is 0.0804. The Hall–Kier alpha value is -3.84. The van der Waals surface area contributed by atoms with Crippen molar-refractivity contribution < 1.29 is 23.9 Å². The van der Waals surface area contributed by atoms with E-state index in [4.69, 9.17) is 21.1 Å². The van der Waals surface area contributed by atoms with Gasteiger partial charge in [-0.2, -0.15) is 0 Å². The summed E-state index contributed by atoms with van der Waals surface area (Å²) in [7, 11) is 0. The molecule has 198 valence electrons. The molecule has 7 nitrogen and oxygen atoms in total. The number of carbonyl (C=O) groups excluding carboxylic acids is 3. The van der Waals surface area contributed by atoms with Crippen LogP contribution in [0.25, 0.3) is 11.1 Å². The highest BCUT2D eigenvalue weighted by Gasteiger charge is 2.31. The van der Waals surface area contributed by atoms with Crippen molar-refractivity contribution in [2.45, 2.75) is 51.7 Å². The number of fused-ring (bicyclic) bond motifs is 3. The molecule has 0 saturated heterocycles. The molecule has 0 radical (unpaired) electrons. The number of anilines is 1. The maximum atomic E-state index is 13.1. The molecule has 0 saturated carbocycles. The summed E-state index contributed by atoms with van der Waals surface area (Å²) in [4.78, 5) is 38.5. The van der Waals surface area contributed by atoms with E-state index in [9.17, 15) is 14.4 Å². The predicted molar refractivity (Wildman–Crippen MR) is 147 cm³/mol. The van der Waals surface area contributed by atoms with Crippen molar-refractivity contribution in [2.75, 3.05) is 11.9 Å². The first-order valence-electron chi connectivity index (χ1n) is 12.4. The third kappa shape index (κ3) is 6.53. The summed E-state index contributed by atoms with van der Waals surface area (Å²) in [6.07, 6.45) is -1.16. The lowest BCUT2D eigenvalue weighted by Crippen LogP contribution is -2.46. The number of aryl methyl sites for hydroxylation is 1. The second kappa shape index (κ2) is 11.3. The molecule has 0 unspecified atom stereocenters. The van der Waals surface area contributed by atoms with Gasteiger partial charge in [-0.3, -0.25) is 9.59 Å². The molecule has 0 aliphatic heterocycles. The number of hydrogen-bond acceptors (Lipinski definition) is 5. The average molecular weight is 535 g/mol. The van der Waals surface area contributed by atoms with Gasteiger partial charge in [-0.05, 0) is 73.7 Å². The molecule has 8 heteroatoms. The van der Waals surface area contributed by atoms with Gasteiger partial charge in [0.15, 0.2) is 0 Å². The molecule has 3 aromatic rings. The summed E-state index contributed by atoms with van der Waals surface area (Å²) < 4.78 is 11.0. The second-order valence-corrected chi connectivity index (χ2v) is 10.7. The van der Waals surface area contributed by atoms with Crippen LogP contribution >= 0.6 is 11.6 Å². The lowest BCUT2D eigenvalue weighted by atomic mass is 9.98. The average Bonchev–Trinajstić information content (AvgIpc) is 3.17. The van der Waals surface area contributed by atoms with Gasteiger partial charge in [0, 0.05) is 16.6 Å². The van der Waals surface area contributed by atoms with Gasteiger partial charge in [0.2, 0.25) is 5.91 Å². The summed E-state index contributed by atoms with van der Waals surface area (Å²) in [6.45, 7) is 7.09. The van der Waals surface area contributed by atoms with Crippen LogP contribution in [-0.4, -0.2) is 36.2 Å². The lowest BCUT2D eigenvalue weighted by Gasteiger charge is -2.23. The van der Waals surface area contributed by atoms with Crippen LogP contribution in [0.15, 0.2) is 66.7 Å². The molecular formula is C30H31ClN2O5. The smallest absolute Gasteiger partial charge is 0.407 e. The fraction of sp³-hybridized carbons (Fsp3) is 0.300. The van der Waals surface area contributed by atoms with Gasteiger partial charge in [-0.15, -0.1) is 0 Å². The molecule has 38 heavy (non-hydrogen) atoms. The molecule has 1 aliphatic rings. The Morgan fingerprint density at radius 2 is 1.55 bits per heavy atom. The summed E-state index contributed by atoms with van der Waals surface area (Å²) >= 11 is 6.08. The minimum Gasteiger partial charge on any atom is -0.460 e. The Bertz CT molecular complexity index is 1320. The number of nitrogens with one attached hydrogen (secondary N) is 2. The normalized spacial score (nSPS) is 13.2. The van der Waals surface area contributed by atoms with E-state index in [0.29, 0.717) is 10.7 Å². The van der Waals surface area contributed by atoms with Crippen LogP contribution in [0.2, 0.25) is 5.02 Å². The van der Waals surface area contributed by atoms with E-state index in [1.807, 2.05) is 55.5 Å². The summed E-state index contributed by atoms with van der Waals surface area (Å²) in [5, 5.41) is 5.84. The largest absolute Gasteiger partial charge is 0.460 e. The monoisotopic (exact) mass is 534 g/mol. The highest BCUT2D eigenvalue weighted by molar-refractivity contribution is 6.31. The van der Waals surface area contributed by atoms with Gasteiger partial charge in [-0.1, -0.05) is 60.1 Å². The van der Waals surface area contributed by atoms with Crippen LogP contribution in [-0.2, 0) is 19.1 Å². The van der Waals surface area contributed by atoms with E-state index in [1.54, 1.807) is 39.0 Å². The van der Waals surface area contributed by atoms with E-state index >= 15 is 0 Å². The molecule has 0 spiro atoms. The molecule has 3 aromatic carbocycles. The van der Waals surface area contributed by atoms with Gasteiger partial charge >= 0.3 is 12.1 Å². The third-order valence-electron chi connectivity index (χ3n) is 6.17. The molecule has 4 rings (SSSR count). The van der Waals surface area contributed by atoms with Crippen molar-refractivity contribution in [1.29, 1.82) is 0 Å². The fourth-order valence-electron chi connectivity index (χ4n) is 4.49. The number of ether oxygens (including phenoxy) is 2. The number of alkyl carbamates (subject to hydrolysis) is 1. The molecule has 0 bridgehead atoms. The standard InChI is InChI=1S/C30H31ClN2O5/c1-18-15-19(13-14-25(18)31)32-28(35)26(16-27(34)38-30(2,3)4)33-29(36)37-17-24-22-11-7-5-9-20(22)21-10-6-8-12-23(21)24/h5-15,24,26H,16-17H2,1-4H3,(H,32,35)(H,33,36)/t26-/m0/s1. The van der Waals surface area contributed by atoms with Crippen molar-refractivity contribution in [3.8, 4) is 11.1 Å². The van der Waals surface area contributed by atoms with Crippen molar-refractivity contribution >= 4 is 35.3 Å². The number of benzene rings is 3. The first-order valence-corrected chi connectivity index (χ1v) is 12.8. The second-order valence-electron chi connectivity index (χ2n) is 10.3. The van der Waals surface area contributed by atoms with Gasteiger partial charge in [0.05, 0.1) is 6.42 Å². The van der Waals surface area contributed by atoms with Crippen molar-refractivity contribution in [3.63, 3.8) is 0 Å². The minimum atomic E-state index is -1.21. The number of esters is 1.